The Morgan fingerprint density at radius 1 is 0.977 bits per heavy atom. The molecular weight excluding hydrogens is 554 g/mol. The van der Waals surface area contributed by atoms with E-state index in [0.29, 0.717) is 34.3 Å². The number of pyridine rings is 1. The number of hydrogen-bond acceptors (Lipinski definition) is 6. The third-order valence-corrected chi connectivity index (χ3v) is 7.41. The molecule has 9 nitrogen and oxygen atoms in total. The summed E-state index contributed by atoms with van der Waals surface area (Å²) in [7, 11) is 1.50. The Labute approximate surface area is 246 Å². The quantitative estimate of drug-likeness (QED) is 0.239. The molecule has 1 fully saturated rings. The highest BCUT2D eigenvalue weighted by molar-refractivity contribution is 5.96. The number of carbonyl (C=O) groups excluding carboxylic acids is 2. The molecule has 0 spiro atoms. The predicted molar refractivity (Wildman–Crippen MR) is 159 cm³/mol. The number of benzene rings is 3. The van der Waals surface area contributed by atoms with E-state index >= 15 is 0 Å². The molecule has 1 aliphatic heterocycles. The highest BCUT2D eigenvalue weighted by atomic mass is 19.1. The molecule has 0 bridgehead atoms. The van der Waals surface area contributed by atoms with E-state index in [2.05, 4.69) is 20.7 Å². The molecule has 5 aromatic rings. The molecule has 0 aliphatic carbocycles. The van der Waals surface area contributed by atoms with Gasteiger partial charge < -0.3 is 20.3 Å². The van der Waals surface area contributed by atoms with Gasteiger partial charge in [0.25, 0.3) is 5.91 Å². The molecule has 6 rings (SSSR count). The molecular formula is C32H28F2N6O3. The van der Waals surface area contributed by atoms with Gasteiger partial charge in [0.1, 0.15) is 17.7 Å². The van der Waals surface area contributed by atoms with Gasteiger partial charge in [-0.2, -0.15) is 4.98 Å². The van der Waals surface area contributed by atoms with Crippen LogP contribution in [0.5, 0.6) is 5.75 Å². The average molecular weight is 583 g/mol. The standard InChI is InChI=1S/C32H28F2N6O3/c1-19(20-3-8-24(33)9-4-20)30(41)35-26-10-5-21(6-11-26)22-13-14-40-29(16-22)37-32(38-40)36-27-12-7-23(15-28(27)43-2)31(42)39-17-25(34)18-39/h3-16,19,25H,17-18H2,1-2H3,(H,35,41)(H,36,38). The van der Waals surface area contributed by atoms with E-state index < -0.39 is 12.1 Å². The van der Waals surface area contributed by atoms with E-state index in [1.54, 1.807) is 48.0 Å². The number of anilines is 3. The van der Waals surface area contributed by atoms with E-state index in [-0.39, 0.29) is 30.7 Å². The third-order valence-electron chi connectivity index (χ3n) is 7.41. The number of hydrogen-bond donors (Lipinski definition) is 2. The second kappa shape index (κ2) is 11.5. The zero-order chi connectivity index (χ0) is 30.1. The molecule has 1 aliphatic rings. The van der Waals surface area contributed by atoms with Crippen molar-refractivity contribution >= 4 is 34.8 Å². The Morgan fingerprint density at radius 2 is 1.72 bits per heavy atom. The lowest BCUT2D eigenvalue weighted by molar-refractivity contribution is -0.117. The van der Waals surface area contributed by atoms with E-state index in [1.807, 2.05) is 36.4 Å². The molecule has 43 heavy (non-hydrogen) atoms. The van der Waals surface area contributed by atoms with Crippen LogP contribution in [0.3, 0.4) is 0 Å². The molecule has 2 amide bonds. The van der Waals surface area contributed by atoms with Gasteiger partial charge in [-0.15, -0.1) is 5.10 Å². The van der Waals surface area contributed by atoms with Gasteiger partial charge in [0.2, 0.25) is 11.9 Å². The summed E-state index contributed by atoms with van der Waals surface area (Å²) in [4.78, 5) is 31.3. The van der Waals surface area contributed by atoms with Crippen LogP contribution in [0.1, 0.15) is 28.8 Å². The SMILES string of the molecule is COc1cc(C(=O)N2CC(F)C2)ccc1Nc1nc2cc(-c3ccc(NC(=O)C(C)c4ccc(F)cc4)cc3)ccn2n1. The van der Waals surface area contributed by atoms with Gasteiger partial charge >= 0.3 is 0 Å². The van der Waals surface area contributed by atoms with Crippen molar-refractivity contribution in [2.75, 3.05) is 30.8 Å². The maximum absolute atomic E-state index is 13.2. The molecule has 2 N–H and O–H groups in total. The minimum absolute atomic E-state index is 0.104. The van der Waals surface area contributed by atoms with Gasteiger partial charge in [0.15, 0.2) is 5.65 Å². The normalized spacial score (nSPS) is 13.8. The largest absolute Gasteiger partial charge is 0.495 e. The number of nitrogens with zero attached hydrogens (tertiary/aromatic N) is 4. The second-order valence-corrected chi connectivity index (χ2v) is 10.3. The van der Waals surface area contributed by atoms with Gasteiger partial charge in [0.05, 0.1) is 31.8 Å². The molecule has 0 saturated carbocycles. The summed E-state index contributed by atoms with van der Waals surface area (Å²) in [5, 5.41) is 10.5. The minimum atomic E-state index is -0.968. The third kappa shape index (κ3) is 5.87. The first-order valence-corrected chi connectivity index (χ1v) is 13.7. The molecule has 0 radical (unpaired) electrons. The number of amides is 2. The van der Waals surface area contributed by atoms with E-state index in [4.69, 9.17) is 4.74 Å². The number of fused-ring (bicyclic) bond motifs is 1. The summed E-state index contributed by atoms with van der Waals surface area (Å²) in [6.45, 7) is 1.98. The number of rotatable bonds is 8. The van der Waals surface area contributed by atoms with Crippen LogP contribution in [-0.2, 0) is 4.79 Å². The van der Waals surface area contributed by atoms with Gasteiger partial charge in [-0.1, -0.05) is 24.3 Å². The molecule has 1 saturated heterocycles. The fourth-order valence-electron chi connectivity index (χ4n) is 4.83. The topological polar surface area (TPSA) is 101 Å². The smallest absolute Gasteiger partial charge is 0.254 e. The molecule has 218 valence electrons. The van der Waals surface area contributed by atoms with Crippen molar-refractivity contribution in [3.63, 3.8) is 0 Å². The molecule has 3 aromatic carbocycles. The van der Waals surface area contributed by atoms with Gasteiger partial charge in [-0.3, -0.25) is 9.59 Å². The molecule has 3 heterocycles. The maximum atomic E-state index is 13.2. The second-order valence-electron chi connectivity index (χ2n) is 10.3. The summed E-state index contributed by atoms with van der Waals surface area (Å²) in [6.07, 6.45) is 0.831. The van der Waals surface area contributed by atoms with Crippen molar-refractivity contribution in [1.29, 1.82) is 0 Å². The van der Waals surface area contributed by atoms with Crippen LogP contribution in [0.15, 0.2) is 85.1 Å². The Balaban J connectivity index is 1.14. The Kier molecular flexibility index (Phi) is 7.45. The van der Waals surface area contributed by atoms with Gasteiger partial charge in [-0.05, 0) is 78.2 Å². The van der Waals surface area contributed by atoms with E-state index in [0.717, 1.165) is 16.7 Å². The molecule has 1 atom stereocenters. The number of aromatic nitrogens is 3. The highest BCUT2D eigenvalue weighted by Crippen LogP contribution is 2.30. The number of halogens is 2. The van der Waals surface area contributed by atoms with Crippen LogP contribution in [-0.4, -0.2) is 57.7 Å². The van der Waals surface area contributed by atoms with Crippen molar-refractivity contribution < 1.29 is 23.1 Å². The molecule has 11 heteroatoms. The Bertz CT molecular complexity index is 1800. The lowest BCUT2D eigenvalue weighted by Gasteiger charge is -2.34. The number of nitrogens with one attached hydrogen (secondary N) is 2. The summed E-state index contributed by atoms with van der Waals surface area (Å²) < 4.78 is 33.5. The number of methoxy groups -OCH3 is 1. The van der Waals surface area contributed by atoms with Crippen molar-refractivity contribution in [3.8, 4) is 16.9 Å². The first-order chi connectivity index (χ1) is 20.8. The van der Waals surface area contributed by atoms with Crippen LogP contribution in [0.2, 0.25) is 0 Å². The van der Waals surface area contributed by atoms with Crippen LogP contribution in [0.4, 0.5) is 26.1 Å². The van der Waals surface area contributed by atoms with Crippen LogP contribution >= 0.6 is 0 Å². The van der Waals surface area contributed by atoms with Crippen molar-refractivity contribution in [3.05, 3.63) is 102 Å². The Morgan fingerprint density at radius 3 is 2.42 bits per heavy atom. The fourth-order valence-corrected chi connectivity index (χ4v) is 4.83. The van der Waals surface area contributed by atoms with Gasteiger partial charge in [-0.25, -0.2) is 13.3 Å². The monoisotopic (exact) mass is 582 g/mol. The van der Waals surface area contributed by atoms with Crippen molar-refractivity contribution in [2.24, 2.45) is 0 Å². The summed E-state index contributed by atoms with van der Waals surface area (Å²) >= 11 is 0. The van der Waals surface area contributed by atoms with Crippen LogP contribution in [0, 0.1) is 5.82 Å². The van der Waals surface area contributed by atoms with Crippen LogP contribution in [0.25, 0.3) is 16.8 Å². The van der Waals surface area contributed by atoms with Crippen molar-refractivity contribution in [1.82, 2.24) is 19.5 Å². The van der Waals surface area contributed by atoms with E-state index in [9.17, 15) is 18.4 Å². The summed E-state index contributed by atoms with van der Waals surface area (Å²) in [6, 6.07) is 22.1. The zero-order valence-corrected chi connectivity index (χ0v) is 23.4. The number of ether oxygens (including phenoxy) is 1. The summed E-state index contributed by atoms with van der Waals surface area (Å²) in [5.74, 6) is -0.437. The molecule has 1 unspecified atom stereocenters. The first kappa shape index (κ1) is 27.8. The molecule has 2 aromatic heterocycles. The van der Waals surface area contributed by atoms with Crippen molar-refractivity contribution in [2.45, 2.75) is 19.0 Å². The van der Waals surface area contributed by atoms with Gasteiger partial charge in [0, 0.05) is 17.4 Å². The highest BCUT2D eigenvalue weighted by Gasteiger charge is 2.31. The number of alkyl halides is 1. The first-order valence-electron chi connectivity index (χ1n) is 13.7. The average Bonchev–Trinajstić information content (AvgIpc) is 3.41. The zero-order valence-electron chi connectivity index (χ0n) is 23.4. The lowest BCUT2D eigenvalue weighted by atomic mass is 10.00. The summed E-state index contributed by atoms with van der Waals surface area (Å²) in [5.41, 5.74) is 4.81. The predicted octanol–water partition coefficient (Wildman–Crippen LogP) is 5.82. The fraction of sp³-hybridized carbons (Fsp3) is 0.188. The maximum Gasteiger partial charge on any atom is 0.254 e. The van der Waals surface area contributed by atoms with E-state index in [1.165, 1.54) is 24.1 Å². The Hall–Kier alpha value is -5.32. The number of carbonyl (C=O) groups is 2. The number of likely N-dealkylation sites (tertiary alicyclic amines) is 1. The van der Waals surface area contributed by atoms with Crippen LogP contribution < -0.4 is 15.4 Å². The minimum Gasteiger partial charge on any atom is -0.495 e. The lowest BCUT2D eigenvalue weighted by Crippen LogP contribution is -2.51.